The van der Waals surface area contributed by atoms with E-state index in [1.807, 2.05) is 0 Å². The predicted molar refractivity (Wildman–Crippen MR) is 79.6 cm³/mol. The lowest BCUT2D eigenvalue weighted by atomic mass is 10.0. The number of benzene rings is 1. The molecule has 0 unspecified atom stereocenters. The molecule has 0 saturated heterocycles. The summed E-state index contributed by atoms with van der Waals surface area (Å²) < 4.78 is 0. The van der Waals surface area contributed by atoms with E-state index < -0.39 is 5.97 Å². The smallest absolute Gasteiger partial charge is 0.336 e. The maximum Gasteiger partial charge on any atom is 0.336 e. The van der Waals surface area contributed by atoms with E-state index >= 15 is 0 Å². The van der Waals surface area contributed by atoms with E-state index in [9.17, 15) is 9.59 Å². The second-order valence-corrected chi connectivity index (χ2v) is 6.23. The summed E-state index contributed by atoms with van der Waals surface area (Å²) >= 11 is 0. The molecule has 0 bridgehead atoms. The first kappa shape index (κ1) is 13.9. The minimum atomic E-state index is -0.984. The van der Waals surface area contributed by atoms with E-state index in [-0.39, 0.29) is 11.6 Å². The zero-order chi connectivity index (χ0) is 15.0. The van der Waals surface area contributed by atoms with Crippen molar-refractivity contribution in [2.45, 2.75) is 32.6 Å². The van der Waals surface area contributed by atoms with Gasteiger partial charge in [0.25, 0.3) is 0 Å². The lowest BCUT2D eigenvalue weighted by Crippen LogP contribution is -2.34. The summed E-state index contributed by atoms with van der Waals surface area (Å²) in [7, 11) is 0. The molecule has 5 heteroatoms. The summed E-state index contributed by atoms with van der Waals surface area (Å²) in [4.78, 5) is 23.1. The van der Waals surface area contributed by atoms with Crippen LogP contribution in [0.1, 0.15) is 41.6 Å². The van der Waals surface area contributed by atoms with Crippen molar-refractivity contribution in [2.75, 3.05) is 11.9 Å². The normalized spacial score (nSPS) is 18.9. The Kier molecular flexibility index (Phi) is 3.35. The Hall–Kier alpha value is -2.04. The quantitative estimate of drug-likeness (QED) is 0.779. The van der Waals surface area contributed by atoms with E-state index in [4.69, 9.17) is 5.11 Å². The van der Waals surface area contributed by atoms with Gasteiger partial charge >= 0.3 is 12.0 Å². The van der Waals surface area contributed by atoms with Gasteiger partial charge in [-0.1, -0.05) is 6.07 Å². The van der Waals surface area contributed by atoms with Gasteiger partial charge in [0.1, 0.15) is 0 Å². The van der Waals surface area contributed by atoms with Crippen LogP contribution < -0.4 is 10.6 Å². The zero-order valence-electron chi connectivity index (χ0n) is 12.1. The van der Waals surface area contributed by atoms with E-state index in [0.717, 1.165) is 12.5 Å². The summed E-state index contributed by atoms with van der Waals surface area (Å²) in [6.45, 7) is 2.42. The van der Waals surface area contributed by atoms with Crippen LogP contribution in [0.2, 0.25) is 0 Å². The average molecular weight is 288 g/mol. The van der Waals surface area contributed by atoms with Crippen LogP contribution in [0.4, 0.5) is 10.5 Å². The fourth-order valence-corrected chi connectivity index (χ4v) is 3.01. The van der Waals surface area contributed by atoms with Crippen LogP contribution >= 0.6 is 0 Å². The van der Waals surface area contributed by atoms with Crippen molar-refractivity contribution in [3.05, 3.63) is 29.3 Å². The highest BCUT2D eigenvalue weighted by Crippen LogP contribution is 2.60. The number of amides is 2. The number of aromatic carboxylic acids is 1. The van der Waals surface area contributed by atoms with Gasteiger partial charge in [-0.3, -0.25) is 0 Å². The number of carbonyl (C=O) groups excluding carboxylic acids is 1. The second kappa shape index (κ2) is 5.06. The van der Waals surface area contributed by atoms with Gasteiger partial charge in [0.2, 0.25) is 0 Å². The molecule has 0 radical (unpaired) electrons. The van der Waals surface area contributed by atoms with Gasteiger partial charge in [0.15, 0.2) is 0 Å². The molecule has 3 rings (SSSR count). The monoisotopic (exact) mass is 288 g/mol. The van der Waals surface area contributed by atoms with Gasteiger partial charge in [-0.2, -0.15) is 0 Å². The minimum Gasteiger partial charge on any atom is -0.478 e. The van der Waals surface area contributed by atoms with Crippen molar-refractivity contribution in [2.24, 2.45) is 11.3 Å². The Morgan fingerprint density at radius 2 is 2.05 bits per heavy atom. The van der Waals surface area contributed by atoms with Crippen LogP contribution in [0, 0.1) is 18.3 Å². The Bertz CT molecular complexity index is 589. The summed E-state index contributed by atoms with van der Waals surface area (Å²) in [6.07, 6.45) is 5.02. The van der Waals surface area contributed by atoms with Crippen molar-refractivity contribution >= 4 is 17.7 Å². The van der Waals surface area contributed by atoms with Gasteiger partial charge in [-0.25, -0.2) is 9.59 Å². The standard InChI is InChI=1S/C16H20N2O3/c1-10-12(14(19)20)3-2-4-13(10)18-15(21)17-9-16(7-8-16)11-5-6-11/h2-4,11H,5-9H2,1H3,(H,19,20)(H2,17,18,21). The second-order valence-electron chi connectivity index (χ2n) is 6.23. The van der Waals surface area contributed by atoms with Gasteiger partial charge in [0, 0.05) is 12.2 Å². The Labute approximate surface area is 123 Å². The van der Waals surface area contributed by atoms with Crippen LogP contribution in [0.3, 0.4) is 0 Å². The van der Waals surface area contributed by atoms with Crippen molar-refractivity contribution in [3.63, 3.8) is 0 Å². The molecule has 0 heterocycles. The maximum absolute atomic E-state index is 12.0. The number of carbonyl (C=O) groups is 2. The fraction of sp³-hybridized carbons (Fsp3) is 0.500. The summed E-state index contributed by atoms with van der Waals surface area (Å²) in [5.41, 5.74) is 1.69. The number of carboxylic acid groups (broad SMARTS) is 1. The van der Waals surface area contributed by atoms with Crippen molar-refractivity contribution in [1.82, 2.24) is 5.32 Å². The molecular formula is C16H20N2O3. The van der Waals surface area contributed by atoms with Gasteiger partial charge < -0.3 is 15.7 Å². The largest absolute Gasteiger partial charge is 0.478 e. The molecule has 1 aromatic carbocycles. The zero-order valence-corrected chi connectivity index (χ0v) is 12.1. The van der Waals surface area contributed by atoms with Crippen LogP contribution in [0.15, 0.2) is 18.2 Å². The number of rotatable bonds is 5. The first-order valence-electron chi connectivity index (χ1n) is 7.40. The molecule has 0 spiro atoms. The summed E-state index contributed by atoms with van der Waals surface area (Å²) in [6, 6.07) is 4.63. The molecule has 112 valence electrons. The van der Waals surface area contributed by atoms with Gasteiger partial charge in [0.05, 0.1) is 5.56 Å². The molecule has 1 aromatic rings. The van der Waals surface area contributed by atoms with E-state index in [1.54, 1.807) is 19.1 Å². The number of anilines is 1. The highest BCUT2D eigenvalue weighted by Gasteiger charge is 2.53. The third kappa shape index (κ3) is 2.86. The Morgan fingerprint density at radius 3 is 2.62 bits per heavy atom. The molecule has 2 fully saturated rings. The highest BCUT2D eigenvalue weighted by molar-refractivity contribution is 5.95. The molecule has 21 heavy (non-hydrogen) atoms. The molecule has 0 atom stereocenters. The highest BCUT2D eigenvalue weighted by atomic mass is 16.4. The molecule has 2 amide bonds. The summed E-state index contributed by atoms with van der Waals surface area (Å²) in [5.74, 6) is -0.183. The third-order valence-electron chi connectivity index (χ3n) is 4.75. The fourth-order valence-electron chi connectivity index (χ4n) is 3.01. The lowest BCUT2D eigenvalue weighted by Gasteiger charge is -2.16. The molecule has 2 aliphatic rings. The van der Waals surface area contributed by atoms with Gasteiger partial charge in [-0.05, 0) is 61.6 Å². The lowest BCUT2D eigenvalue weighted by molar-refractivity contribution is 0.0696. The number of hydrogen-bond donors (Lipinski definition) is 3. The molecule has 2 saturated carbocycles. The van der Waals surface area contributed by atoms with Crippen LogP contribution in [0.5, 0.6) is 0 Å². The van der Waals surface area contributed by atoms with Crippen molar-refractivity contribution in [3.8, 4) is 0 Å². The van der Waals surface area contributed by atoms with E-state index in [1.165, 1.54) is 31.7 Å². The number of carboxylic acids is 1. The van der Waals surface area contributed by atoms with Crippen molar-refractivity contribution in [1.29, 1.82) is 0 Å². The Morgan fingerprint density at radius 1 is 1.33 bits per heavy atom. The summed E-state index contributed by atoms with van der Waals surface area (Å²) in [5, 5.41) is 14.8. The average Bonchev–Trinajstić information content (AvgIpc) is 3.31. The van der Waals surface area contributed by atoms with Crippen LogP contribution in [-0.4, -0.2) is 23.7 Å². The maximum atomic E-state index is 12.0. The van der Waals surface area contributed by atoms with Crippen LogP contribution in [-0.2, 0) is 0 Å². The Balaban J connectivity index is 1.60. The SMILES string of the molecule is Cc1c(NC(=O)NCC2(C3CC3)CC2)cccc1C(=O)O. The van der Waals surface area contributed by atoms with Crippen LogP contribution in [0.25, 0.3) is 0 Å². The van der Waals surface area contributed by atoms with E-state index in [2.05, 4.69) is 10.6 Å². The molecule has 5 nitrogen and oxygen atoms in total. The predicted octanol–water partition coefficient (Wildman–Crippen LogP) is 3.00. The van der Waals surface area contributed by atoms with Gasteiger partial charge in [-0.15, -0.1) is 0 Å². The first-order chi connectivity index (χ1) is 10.0. The molecule has 3 N–H and O–H groups in total. The number of nitrogens with one attached hydrogen (secondary N) is 2. The molecule has 0 aromatic heterocycles. The van der Waals surface area contributed by atoms with Crippen molar-refractivity contribution < 1.29 is 14.7 Å². The third-order valence-corrected chi connectivity index (χ3v) is 4.75. The number of hydrogen-bond acceptors (Lipinski definition) is 2. The number of urea groups is 1. The minimum absolute atomic E-state index is 0.212. The first-order valence-corrected chi connectivity index (χ1v) is 7.40. The molecular weight excluding hydrogens is 268 g/mol. The molecule has 0 aliphatic heterocycles. The van der Waals surface area contributed by atoms with E-state index in [0.29, 0.717) is 16.7 Å². The topological polar surface area (TPSA) is 78.4 Å². The molecule has 2 aliphatic carbocycles.